The Balaban J connectivity index is 1.55. The monoisotopic (exact) mass is 424 g/mol. The van der Waals surface area contributed by atoms with E-state index in [0.717, 1.165) is 31.3 Å². The topological polar surface area (TPSA) is 18.5 Å². The summed E-state index contributed by atoms with van der Waals surface area (Å²) < 4.78 is 52.4. The molecule has 2 atom stereocenters. The summed E-state index contributed by atoms with van der Waals surface area (Å²) in [6.45, 7) is 4.92. The Hall–Kier alpha value is -1.49. The summed E-state index contributed by atoms with van der Waals surface area (Å²) in [5, 5.41) is 0. The van der Waals surface area contributed by atoms with Crippen LogP contribution in [0.3, 0.4) is 0 Å². The summed E-state index contributed by atoms with van der Waals surface area (Å²) in [6.07, 6.45) is 10.3. The minimum atomic E-state index is -2.90. The van der Waals surface area contributed by atoms with Crippen LogP contribution in [0.15, 0.2) is 18.2 Å². The van der Waals surface area contributed by atoms with Crippen molar-refractivity contribution in [3.05, 3.63) is 35.2 Å². The van der Waals surface area contributed by atoms with Crippen molar-refractivity contribution in [1.29, 1.82) is 0 Å². The van der Waals surface area contributed by atoms with E-state index in [0.29, 0.717) is 5.92 Å². The minimum Gasteiger partial charge on any atom is -0.491 e. The summed E-state index contributed by atoms with van der Waals surface area (Å²) in [5.74, 6) is 1.17. The highest BCUT2D eigenvalue weighted by atomic mass is 19.3. The van der Waals surface area contributed by atoms with Crippen LogP contribution >= 0.6 is 0 Å². The van der Waals surface area contributed by atoms with Crippen LogP contribution in [0.25, 0.3) is 6.08 Å². The van der Waals surface area contributed by atoms with E-state index in [9.17, 15) is 13.2 Å². The van der Waals surface area contributed by atoms with Crippen molar-refractivity contribution in [2.24, 2.45) is 17.8 Å². The van der Waals surface area contributed by atoms with E-state index in [1.807, 2.05) is 0 Å². The smallest absolute Gasteiger partial charge is 0.267 e. The van der Waals surface area contributed by atoms with Gasteiger partial charge in [0.2, 0.25) is 0 Å². The largest absolute Gasteiger partial charge is 0.491 e. The van der Waals surface area contributed by atoms with E-state index in [-0.39, 0.29) is 24.0 Å². The molecule has 0 bridgehead atoms. The van der Waals surface area contributed by atoms with Crippen LogP contribution in [0.5, 0.6) is 5.75 Å². The van der Waals surface area contributed by atoms with Gasteiger partial charge in [0.05, 0.1) is 24.9 Å². The zero-order chi connectivity index (χ0) is 21.5. The second-order valence-corrected chi connectivity index (χ2v) is 8.75. The molecule has 2 nitrogen and oxygen atoms in total. The van der Waals surface area contributed by atoms with Gasteiger partial charge in [-0.15, -0.1) is 0 Å². The van der Waals surface area contributed by atoms with Gasteiger partial charge < -0.3 is 9.47 Å². The van der Waals surface area contributed by atoms with Crippen LogP contribution in [-0.2, 0) is 4.74 Å². The molecular formula is C25H35F3O2. The van der Waals surface area contributed by atoms with Crippen molar-refractivity contribution < 1.29 is 22.6 Å². The lowest BCUT2D eigenvalue weighted by molar-refractivity contribution is -0.0164. The second-order valence-electron chi connectivity index (χ2n) is 8.75. The van der Waals surface area contributed by atoms with Gasteiger partial charge in [-0.3, -0.25) is 0 Å². The van der Waals surface area contributed by atoms with Gasteiger partial charge >= 0.3 is 0 Å². The van der Waals surface area contributed by atoms with Crippen LogP contribution in [0.1, 0.15) is 82.8 Å². The lowest BCUT2D eigenvalue weighted by Crippen LogP contribution is -2.31. The normalized spacial score (nSPS) is 27.7. The van der Waals surface area contributed by atoms with Crippen LogP contribution in [0.2, 0.25) is 0 Å². The number of rotatable bonds is 8. The number of hydrogen-bond donors (Lipinski definition) is 0. The molecule has 2 unspecified atom stereocenters. The fourth-order valence-corrected chi connectivity index (χ4v) is 5.11. The quantitative estimate of drug-likeness (QED) is 0.428. The van der Waals surface area contributed by atoms with Crippen molar-refractivity contribution >= 4 is 6.08 Å². The fraction of sp³-hybridized carbons (Fsp3) is 0.680. The van der Waals surface area contributed by atoms with Crippen molar-refractivity contribution in [3.63, 3.8) is 0 Å². The van der Waals surface area contributed by atoms with E-state index in [1.165, 1.54) is 50.7 Å². The molecule has 1 saturated carbocycles. The third kappa shape index (κ3) is 5.81. The van der Waals surface area contributed by atoms with Crippen molar-refractivity contribution in [1.82, 2.24) is 0 Å². The number of ether oxygens (including phenoxy) is 2. The molecule has 0 radical (unpaired) electrons. The Morgan fingerprint density at radius 2 is 1.80 bits per heavy atom. The molecular weight excluding hydrogens is 389 g/mol. The Labute approximate surface area is 178 Å². The number of benzene rings is 1. The van der Waals surface area contributed by atoms with Gasteiger partial charge in [0, 0.05) is 0 Å². The predicted molar refractivity (Wildman–Crippen MR) is 114 cm³/mol. The van der Waals surface area contributed by atoms with Gasteiger partial charge in [0.25, 0.3) is 6.43 Å². The molecule has 1 heterocycles. The summed E-state index contributed by atoms with van der Waals surface area (Å²) in [5.41, 5.74) is -0.416. The first-order valence-corrected chi connectivity index (χ1v) is 11.6. The Bertz CT molecular complexity index is 688. The Kier molecular flexibility index (Phi) is 8.67. The Morgan fingerprint density at radius 1 is 1.07 bits per heavy atom. The van der Waals surface area contributed by atoms with E-state index >= 15 is 0 Å². The predicted octanol–water partition coefficient (Wildman–Crippen LogP) is 7.58. The zero-order valence-corrected chi connectivity index (χ0v) is 18.2. The second kappa shape index (κ2) is 11.2. The molecule has 1 saturated heterocycles. The number of alkyl halides is 2. The molecule has 2 aliphatic rings. The lowest BCUT2D eigenvalue weighted by Gasteiger charge is -2.37. The molecule has 1 aromatic rings. The maximum Gasteiger partial charge on any atom is 0.267 e. The minimum absolute atomic E-state index is 0.0992. The molecule has 0 spiro atoms. The molecule has 1 aliphatic carbocycles. The molecule has 5 heteroatoms. The van der Waals surface area contributed by atoms with Gasteiger partial charge in [-0.25, -0.2) is 13.2 Å². The summed E-state index contributed by atoms with van der Waals surface area (Å²) in [7, 11) is 0. The molecule has 2 fully saturated rings. The average molecular weight is 425 g/mol. The summed E-state index contributed by atoms with van der Waals surface area (Å²) in [4.78, 5) is 0. The molecule has 0 N–H and O–H groups in total. The molecule has 1 aliphatic heterocycles. The maximum absolute atomic E-state index is 14.4. The van der Waals surface area contributed by atoms with Crippen molar-refractivity contribution in [3.8, 4) is 5.75 Å². The molecule has 3 rings (SSSR count). The molecule has 30 heavy (non-hydrogen) atoms. The van der Waals surface area contributed by atoms with E-state index in [2.05, 4.69) is 6.92 Å². The first-order chi connectivity index (χ1) is 14.5. The van der Waals surface area contributed by atoms with Gasteiger partial charge in [0.1, 0.15) is 0 Å². The van der Waals surface area contributed by atoms with Crippen LogP contribution in [0, 0.1) is 23.6 Å². The first kappa shape index (κ1) is 23.2. The van der Waals surface area contributed by atoms with Crippen molar-refractivity contribution in [2.45, 2.75) is 77.7 Å². The van der Waals surface area contributed by atoms with E-state index in [1.54, 1.807) is 19.1 Å². The third-order valence-corrected chi connectivity index (χ3v) is 6.79. The third-order valence-electron chi connectivity index (χ3n) is 6.79. The molecule has 168 valence electrons. The van der Waals surface area contributed by atoms with Crippen LogP contribution in [0.4, 0.5) is 13.2 Å². The zero-order valence-electron chi connectivity index (χ0n) is 18.2. The maximum atomic E-state index is 14.4. The fourth-order valence-electron chi connectivity index (χ4n) is 5.11. The number of halogens is 3. The Morgan fingerprint density at radius 3 is 2.40 bits per heavy atom. The van der Waals surface area contributed by atoms with Crippen molar-refractivity contribution in [2.75, 3.05) is 13.2 Å². The van der Waals surface area contributed by atoms with Gasteiger partial charge in [-0.05, 0) is 62.0 Å². The highest BCUT2D eigenvalue weighted by Gasteiger charge is 2.30. The lowest BCUT2D eigenvalue weighted by atomic mass is 9.73. The highest BCUT2D eigenvalue weighted by molar-refractivity contribution is 5.57. The first-order valence-electron chi connectivity index (χ1n) is 11.6. The molecule has 0 aromatic heterocycles. The van der Waals surface area contributed by atoms with Crippen LogP contribution < -0.4 is 4.74 Å². The SMILES string of the molecule is CCCC1CCC(C2CCC(/C=C/c3ccc(OCC)c(F)c3C(F)F)OC2)CC1. The van der Waals surface area contributed by atoms with Gasteiger partial charge in [0.15, 0.2) is 11.6 Å². The highest BCUT2D eigenvalue weighted by Crippen LogP contribution is 2.39. The standard InChI is InChI=1S/C25H35F3O2/c1-3-5-17-6-8-18(9-7-17)20-11-14-21(30-16-20)13-10-19-12-15-22(29-4-2)24(26)23(19)25(27)28/h10,12-13,15,17-18,20-21,25H,3-9,11,14,16H2,1-2H3/b13-10+. The van der Waals surface area contributed by atoms with Gasteiger partial charge in [-0.1, -0.05) is 50.8 Å². The summed E-state index contributed by atoms with van der Waals surface area (Å²) >= 11 is 0. The number of hydrogen-bond acceptors (Lipinski definition) is 2. The summed E-state index contributed by atoms with van der Waals surface area (Å²) in [6, 6.07) is 2.91. The van der Waals surface area contributed by atoms with Crippen LogP contribution in [-0.4, -0.2) is 19.3 Å². The van der Waals surface area contributed by atoms with E-state index in [4.69, 9.17) is 9.47 Å². The molecule has 1 aromatic carbocycles. The van der Waals surface area contributed by atoms with E-state index < -0.39 is 17.8 Å². The molecule has 0 amide bonds. The van der Waals surface area contributed by atoms with Gasteiger partial charge in [-0.2, -0.15) is 0 Å². The average Bonchev–Trinajstić information content (AvgIpc) is 2.75.